The predicted octanol–water partition coefficient (Wildman–Crippen LogP) is 4.36. The summed E-state index contributed by atoms with van der Waals surface area (Å²) in [5.41, 5.74) is 5.15. The van der Waals surface area contributed by atoms with Crippen LogP contribution in [0.3, 0.4) is 0 Å². The van der Waals surface area contributed by atoms with Gasteiger partial charge in [-0.1, -0.05) is 35.4 Å². The Kier molecular flexibility index (Phi) is 3.58. The molecule has 2 heteroatoms. The largest absolute Gasteiger partial charge is 0.310 e. The van der Waals surface area contributed by atoms with Gasteiger partial charge in [0.15, 0.2) is 0 Å². The Bertz CT molecular complexity index is 609. The van der Waals surface area contributed by atoms with E-state index in [4.69, 9.17) is 0 Å². The van der Waals surface area contributed by atoms with Gasteiger partial charge in [0, 0.05) is 18.2 Å². The molecule has 0 amide bonds. The Morgan fingerprint density at radius 1 is 1.05 bits per heavy atom. The molecule has 3 rings (SSSR count). The summed E-state index contributed by atoms with van der Waals surface area (Å²) in [5.74, 6) is -0.148. The minimum atomic E-state index is -0.148. The quantitative estimate of drug-likeness (QED) is 0.869. The topological polar surface area (TPSA) is 12.0 Å². The molecule has 1 fully saturated rings. The van der Waals surface area contributed by atoms with E-state index in [0.29, 0.717) is 11.6 Å². The van der Waals surface area contributed by atoms with Crippen LogP contribution in [0.25, 0.3) is 11.1 Å². The first-order chi connectivity index (χ1) is 9.61. The van der Waals surface area contributed by atoms with Gasteiger partial charge in [-0.2, -0.15) is 0 Å². The molecule has 0 radical (unpaired) electrons. The Morgan fingerprint density at radius 2 is 1.75 bits per heavy atom. The molecule has 104 valence electrons. The van der Waals surface area contributed by atoms with E-state index in [1.165, 1.54) is 24.0 Å². The van der Waals surface area contributed by atoms with Gasteiger partial charge >= 0.3 is 0 Å². The summed E-state index contributed by atoms with van der Waals surface area (Å²) < 4.78 is 14.1. The summed E-state index contributed by atoms with van der Waals surface area (Å²) in [6, 6.07) is 12.3. The zero-order chi connectivity index (χ0) is 14.1. The van der Waals surface area contributed by atoms with E-state index >= 15 is 0 Å². The molecule has 0 aromatic heterocycles. The molecule has 1 aliphatic carbocycles. The average Bonchev–Trinajstić information content (AvgIpc) is 3.20. The lowest BCUT2D eigenvalue weighted by Crippen LogP contribution is -2.15. The van der Waals surface area contributed by atoms with E-state index < -0.39 is 0 Å². The van der Waals surface area contributed by atoms with Crippen molar-refractivity contribution in [1.29, 1.82) is 0 Å². The summed E-state index contributed by atoms with van der Waals surface area (Å²) in [7, 11) is 0. The fourth-order valence-electron chi connectivity index (χ4n) is 2.58. The third-order valence-electron chi connectivity index (χ3n) is 3.74. The lowest BCUT2D eigenvalue weighted by Gasteiger charge is -2.10. The van der Waals surface area contributed by atoms with Gasteiger partial charge in [0.05, 0.1) is 0 Å². The molecule has 0 spiro atoms. The first-order valence-electron chi connectivity index (χ1n) is 7.22. The summed E-state index contributed by atoms with van der Waals surface area (Å²) >= 11 is 0. The number of hydrogen-bond donors (Lipinski definition) is 1. The van der Waals surface area contributed by atoms with Crippen LogP contribution >= 0.6 is 0 Å². The molecule has 0 saturated heterocycles. The van der Waals surface area contributed by atoms with Crippen molar-refractivity contribution in [3.05, 3.63) is 58.9 Å². The number of benzene rings is 2. The van der Waals surface area contributed by atoms with Crippen LogP contribution in [0.4, 0.5) is 4.39 Å². The van der Waals surface area contributed by atoms with Crippen molar-refractivity contribution < 1.29 is 4.39 Å². The van der Waals surface area contributed by atoms with Crippen molar-refractivity contribution in [2.75, 3.05) is 0 Å². The smallest absolute Gasteiger partial charge is 0.131 e. The molecule has 1 aliphatic rings. The Hall–Kier alpha value is -1.67. The average molecular weight is 269 g/mol. The van der Waals surface area contributed by atoms with Crippen molar-refractivity contribution in [3.63, 3.8) is 0 Å². The van der Waals surface area contributed by atoms with Crippen LogP contribution in [0.2, 0.25) is 0 Å². The SMILES string of the molecule is Cc1cc(C)cc(-c2cc(CNC3CC3)ccc2F)c1. The van der Waals surface area contributed by atoms with Crippen LogP contribution < -0.4 is 5.32 Å². The van der Waals surface area contributed by atoms with Crippen LogP contribution in [0.15, 0.2) is 36.4 Å². The monoisotopic (exact) mass is 269 g/mol. The number of hydrogen-bond acceptors (Lipinski definition) is 1. The fraction of sp³-hybridized carbons (Fsp3) is 0.333. The molecule has 0 atom stereocenters. The Morgan fingerprint density at radius 3 is 2.40 bits per heavy atom. The van der Waals surface area contributed by atoms with E-state index in [1.807, 2.05) is 38.1 Å². The minimum absolute atomic E-state index is 0.148. The number of aryl methyl sites for hydroxylation is 2. The van der Waals surface area contributed by atoms with Gasteiger partial charge in [0.1, 0.15) is 5.82 Å². The normalized spacial score (nSPS) is 14.6. The first kappa shape index (κ1) is 13.3. The molecule has 0 aliphatic heterocycles. The highest BCUT2D eigenvalue weighted by Gasteiger charge is 2.20. The molecule has 1 saturated carbocycles. The van der Waals surface area contributed by atoms with E-state index in [-0.39, 0.29) is 5.82 Å². The molecule has 20 heavy (non-hydrogen) atoms. The van der Waals surface area contributed by atoms with Gasteiger partial charge in [0.25, 0.3) is 0 Å². The van der Waals surface area contributed by atoms with Crippen molar-refractivity contribution in [3.8, 4) is 11.1 Å². The maximum absolute atomic E-state index is 14.1. The predicted molar refractivity (Wildman–Crippen MR) is 81.2 cm³/mol. The first-order valence-corrected chi connectivity index (χ1v) is 7.22. The van der Waals surface area contributed by atoms with E-state index in [1.54, 1.807) is 6.07 Å². The summed E-state index contributed by atoms with van der Waals surface area (Å²) in [6.45, 7) is 4.92. The van der Waals surface area contributed by atoms with Crippen LogP contribution in [-0.2, 0) is 6.54 Å². The summed E-state index contributed by atoms with van der Waals surface area (Å²) in [4.78, 5) is 0. The van der Waals surface area contributed by atoms with Crippen molar-refractivity contribution >= 4 is 0 Å². The van der Waals surface area contributed by atoms with Crippen LogP contribution in [0.1, 0.15) is 29.5 Å². The zero-order valence-electron chi connectivity index (χ0n) is 12.0. The van der Waals surface area contributed by atoms with Crippen molar-refractivity contribution in [2.24, 2.45) is 0 Å². The highest BCUT2D eigenvalue weighted by Crippen LogP contribution is 2.27. The molecule has 1 N–H and O–H groups in total. The lowest BCUT2D eigenvalue weighted by atomic mass is 9.98. The molecular weight excluding hydrogens is 249 g/mol. The lowest BCUT2D eigenvalue weighted by molar-refractivity contribution is 0.628. The standard InChI is InChI=1S/C18H20FN/c1-12-7-13(2)9-15(8-12)17-10-14(3-6-18(17)19)11-20-16-4-5-16/h3,6-10,16,20H,4-5,11H2,1-2H3. The Balaban J connectivity index is 1.91. The second-order valence-electron chi connectivity index (χ2n) is 5.85. The van der Waals surface area contributed by atoms with Gasteiger partial charge in [-0.15, -0.1) is 0 Å². The molecule has 0 bridgehead atoms. The van der Waals surface area contributed by atoms with Crippen LogP contribution in [0.5, 0.6) is 0 Å². The summed E-state index contributed by atoms with van der Waals surface area (Å²) in [6.07, 6.45) is 2.54. The third-order valence-corrected chi connectivity index (χ3v) is 3.74. The van der Waals surface area contributed by atoms with Crippen molar-refractivity contribution in [2.45, 2.75) is 39.3 Å². The van der Waals surface area contributed by atoms with Gasteiger partial charge in [-0.25, -0.2) is 4.39 Å². The third kappa shape index (κ3) is 3.07. The molecule has 2 aromatic carbocycles. The maximum Gasteiger partial charge on any atom is 0.131 e. The number of nitrogens with one attached hydrogen (secondary N) is 1. The van der Waals surface area contributed by atoms with Gasteiger partial charge in [-0.05, 0) is 49.9 Å². The van der Waals surface area contributed by atoms with E-state index in [0.717, 1.165) is 17.7 Å². The van der Waals surface area contributed by atoms with E-state index in [9.17, 15) is 4.39 Å². The minimum Gasteiger partial charge on any atom is -0.310 e. The highest BCUT2D eigenvalue weighted by molar-refractivity contribution is 5.66. The fourth-order valence-corrected chi connectivity index (χ4v) is 2.58. The molecule has 2 aromatic rings. The van der Waals surface area contributed by atoms with Crippen LogP contribution in [0, 0.1) is 19.7 Å². The molecule has 0 heterocycles. The Labute approximate surface area is 119 Å². The number of halogens is 1. The van der Waals surface area contributed by atoms with Crippen LogP contribution in [-0.4, -0.2) is 6.04 Å². The van der Waals surface area contributed by atoms with Crippen molar-refractivity contribution in [1.82, 2.24) is 5.32 Å². The van der Waals surface area contributed by atoms with Gasteiger partial charge < -0.3 is 5.32 Å². The zero-order valence-corrected chi connectivity index (χ0v) is 12.0. The second-order valence-corrected chi connectivity index (χ2v) is 5.85. The summed E-state index contributed by atoms with van der Waals surface area (Å²) in [5, 5.41) is 3.47. The molecule has 1 nitrogen and oxygen atoms in total. The molecular formula is C18H20FN. The second kappa shape index (κ2) is 5.37. The van der Waals surface area contributed by atoms with E-state index in [2.05, 4.69) is 11.4 Å². The highest BCUT2D eigenvalue weighted by atomic mass is 19.1. The number of rotatable bonds is 4. The van der Waals surface area contributed by atoms with Gasteiger partial charge in [0.2, 0.25) is 0 Å². The molecule has 0 unspecified atom stereocenters. The van der Waals surface area contributed by atoms with Gasteiger partial charge in [-0.3, -0.25) is 0 Å². The maximum atomic E-state index is 14.1.